The summed E-state index contributed by atoms with van der Waals surface area (Å²) < 4.78 is 30.6. The van der Waals surface area contributed by atoms with Crippen LogP contribution in [0.2, 0.25) is 0 Å². The maximum atomic E-state index is 11.6. The molecule has 0 spiro atoms. The SMILES string of the molecule is COC1OC(COC(C)=O)C(OC(C)=O)C(OC(C)=O)[C]1([Hg])OC(C)=O. The van der Waals surface area contributed by atoms with Crippen LogP contribution >= 0.6 is 0 Å². The predicted octanol–water partition coefficient (Wildman–Crippen LogP) is -0.410. The van der Waals surface area contributed by atoms with E-state index in [0.29, 0.717) is 0 Å². The van der Waals surface area contributed by atoms with Gasteiger partial charge < -0.3 is 0 Å². The molecule has 1 heterocycles. The van der Waals surface area contributed by atoms with Crippen molar-refractivity contribution in [3.8, 4) is 0 Å². The molecule has 1 fully saturated rings. The van der Waals surface area contributed by atoms with Crippen molar-refractivity contribution >= 4 is 23.9 Å². The summed E-state index contributed by atoms with van der Waals surface area (Å²) in [5, 5.41) is 0. The summed E-state index contributed by atoms with van der Waals surface area (Å²) in [6.07, 6.45) is -4.40. The van der Waals surface area contributed by atoms with Crippen molar-refractivity contribution in [2.45, 2.75) is 55.4 Å². The fourth-order valence-electron chi connectivity index (χ4n) is 2.60. The number of rotatable bonds is 6. The average Bonchev–Trinajstić information content (AvgIpc) is 2.48. The monoisotopic (exact) mass is 563 g/mol. The van der Waals surface area contributed by atoms with E-state index in [1.165, 1.54) is 34.8 Å². The summed E-state index contributed by atoms with van der Waals surface area (Å²) in [5.41, 5.74) is 0. The fourth-order valence-corrected chi connectivity index (χ4v) is 5.64. The molecular formula is C15H21HgO10. The minimum atomic E-state index is -1.42. The molecule has 0 aromatic heterocycles. The Bertz CT molecular complexity index is 565. The van der Waals surface area contributed by atoms with E-state index in [-0.39, 0.29) is 6.61 Å². The third kappa shape index (κ3) is 5.88. The zero-order chi connectivity index (χ0) is 20.1. The maximum absolute atomic E-state index is 11.6. The number of esters is 4. The van der Waals surface area contributed by atoms with Crippen molar-refractivity contribution in [2.24, 2.45) is 0 Å². The second-order valence-corrected chi connectivity index (χ2v) is 9.99. The van der Waals surface area contributed by atoms with E-state index in [1.54, 1.807) is 0 Å². The van der Waals surface area contributed by atoms with E-state index < -0.39 is 77.7 Å². The van der Waals surface area contributed by atoms with E-state index in [4.69, 9.17) is 28.4 Å². The standard InChI is InChI=1S/C15H21O10.Hg/c1-7(16)21-6-11-12(22-8(2)17)13(23-9(3)18)14(24-10(4)19)15(20-5)25-11;/h11-13,15H,6H2,1-5H3;. The molecule has 1 rings (SSSR count). The third-order valence-corrected chi connectivity index (χ3v) is 6.86. The van der Waals surface area contributed by atoms with Gasteiger partial charge in [-0.3, -0.25) is 0 Å². The normalized spacial score (nSPS) is 30.9. The Morgan fingerprint density at radius 1 is 0.962 bits per heavy atom. The molecule has 0 bridgehead atoms. The molecule has 0 N–H and O–H groups in total. The van der Waals surface area contributed by atoms with Crippen LogP contribution in [0.3, 0.4) is 0 Å². The fraction of sp³-hybridized carbons (Fsp3) is 0.733. The Morgan fingerprint density at radius 3 is 1.96 bits per heavy atom. The van der Waals surface area contributed by atoms with Gasteiger partial charge in [-0.15, -0.1) is 0 Å². The molecule has 1 aliphatic rings. The summed E-state index contributed by atoms with van der Waals surface area (Å²) >= 11 is -0.401. The summed E-state index contributed by atoms with van der Waals surface area (Å²) in [7, 11) is 1.33. The molecular weight excluding hydrogens is 541 g/mol. The van der Waals surface area contributed by atoms with Gasteiger partial charge in [-0.25, -0.2) is 0 Å². The number of carbonyl (C=O) groups is 4. The molecule has 0 aliphatic carbocycles. The first kappa shape index (κ1) is 22.8. The molecule has 0 radical (unpaired) electrons. The number of hydrogen-bond acceptors (Lipinski definition) is 10. The van der Waals surface area contributed by atoms with Gasteiger partial charge >= 0.3 is 167 Å². The Labute approximate surface area is 166 Å². The summed E-state index contributed by atoms with van der Waals surface area (Å²) in [6.45, 7) is 4.47. The van der Waals surface area contributed by atoms with Gasteiger partial charge in [0, 0.05) is 0 Å². The van der Waals surface area contributed by atoms with Gasteiger partial charge in [0.1, 0.15) is 0 Å². The molecule has 1 saturated heterocycles. The van der Waals surface area contributed by atoms with E-state index in [0.717, 1.165) is 0 Å². The zero-order valence-corrected chi connectivity index (χ0v) is 20.8. The van der Waals surface area contributed by atoms with Crippen molar-refractivity contribution < 1.29 is 73.7 Å². The van der Waals surface area contributed by atoms with Crippen LogP contribution in [-0.2, 0) is 73.7 Å². The van der Waals surface area contributed by atoms with Crippen LogP contribution in [0, 0.1) is 0 Å². The van der Waals surface area contributed by atoms with Gasteiger partial charge in [0.25, 0.3) is 0 Å². The first-order chi connectivity index (χ1) is 12.0. The van der Waals surface area contributed by atoms with Crippen LogP contribution in [0.15, 0.2) is 0 Å². The molecule has 26 heavy (non-hydrogen) atoms. The van der Waals surface area contributed by atoms with E-state index in [2.05, 4.69) is 0 Å². The Morgan fingerprint density at radius 2 is 1.54 bits per heavy atom. The van der Waals surface area contributed by atoms with E-state index in [1.807, 2.05) is 0 Å². The Kier molecular flexibility index (Phi) is 8.42. The van der Waals surface area contributed by atoms with Crippen LogP contribution < -0.4 is 0 Å². The minimum absolute atomic E-state index is 0.269. The molecule has 11 heteroatoms. The number of ether oxygens (including phenoxy) is 6. The first-order valence-corrected chi connectivity index (χ1v) is 10.5. The van der Waals surface area contributed by atoms with Crippen molar-refractivity contribution in [1.82, 2.24) is 0 Å². The third-order valence-electron chi connectivity index (χ3n) is 3.44. The molecule has 0 aromatic carbocycles. The van der Waals surface area contributed by atoms with Crippen LogP contribution in [0.1, 0.15) is 27.7 Å². The van der Waals surface area contributed by atoms with Gasteiger partial charge in [-0.05, 0) is 0 Å². The summed E-state index contributed by atoms with van der Waals surface area (Å²) in [5.74, 6) is -2.54. The van der Waals surface area contributed by atoms with Gasteiger partial charge in [0.15, 0.2) is 0 Å². The number of methoxy groups -OCH3 is 1. The first-order valence-electron chi connectivity index (χ1n) is 7.72. The topological polar surface area (TPSA) is 124 Å². The number of carbonyl (C=O) groups excluding carboxylic acids is 4. The van der Waals surface area contributed by atoms with Crippen molar-refractivity contribution in [3.63, 3.8) is 0 Å². The van der Waals surface area contributed by atoms with Crippen LogP contribution in [0.25, 0.3) is 0 Å². The molecule has 10 nitrogen and oxygen atoms in total. The van der Waals surface area contributed by atoms with E-state index in [9.17, 15) is 19.2 Å². The molecule has 143 valence electrons. The van der Waals surface area contributed by atoms with Gasteiger partial charge in [0.05, 0.1) is 0 Å². The molecule has 5 unspecified atom stereocenters. The molecule has 0 saturated carbocycles. The average molecular weight is 562 g/mol. The Balaban J connectivity index is 3.33. The molecule has 5 atom stereocenters. The van der Waals surface area contributed by atoms with Crippen molar-refractivity contribution in [1.29, 1.82) is 0 Å². The van der Waals surface area contributed by atoms with Crippen LogP contribution in [-0.4, -0.2) is 65.3 Å². The predicted molar refractivity (Wildman–Crippen MR) is 77.9 cm³/mol. The molecule has 1 aliphatic heterocycles. The summed E-state index contributed by atoms with van der Waals surface area (Å²) in [4.78, 5) is 46.0. The number of hydrogen-bond donors (Lipinski definition) is 0. The van der Waals surface area contributed by atoms with Gasteiger partial charge in [-0.1, -0.05) is 0 Å². The van der Waals surface area contributed by atoms with Crippen LogP contribution in [0.4, 0.5) is 0 Å². The molecule has 0 amide bonds. The second kappa shape index (κ2) is 9.61. The van der Waals surface area contributed by atoms with E-state index >= 15 is 0 Å². The van der Waals surface area contributed by atoms with Gasteiger partial charge in [0.2, 0.25) is 0 Å². The summed E-state index contributed by atoms with van der Waals surface area (Å²) in [6, 6.07) is 0. The van der Waals surface area contributed by atoms with Gasteiger partial charge in [-0.2, -0.15) is 0 Å². The Hall–Kier alpha value is -1.26. The van der Waals surface area contributed by atoms with Crippen molar-refractivity contribution in [3.05, 3.63) is 0 Å². The van der Waals surface area contributed by atoms with Crippen LogP contribution in [0.5, 0.6) is 0 Å². The second-order valence-electron chi connectivity index (χ2n) is 5.70. The molecule has 0 aromatic rings. The van der Waals surface area contributed by atoms with Crippen molar-refractivity contribution in [2.75, 3.05) is 13.7 Å². The quantitative estimate of drug-likeness (QED) is 0.240. The zero-order valence-electron chi connectivity index (χ0n) is 15.3.